The predicted octanol–water partition coefficient (Wildman–Crippen LogP) is -1.58. The lowest BCUT2D eigenvalue weighted by atomic mass is 10.0. The van der Waals surface area contributed by atoms with Gasteiger partial charge in [0, 0.05) is 22.9 Å². The summed E-state index contributed by atoms with van der Waals surface area (Å²) < 4.78 is 7.31. The van der Waals surface area contributed by atoms with Gasteiger partial charge >= 0.3 is 11.6 Å². The van der Waals surface area contributed by atoms with Crippen LogP contribution in [0.3, 0.4) is 0 Å². The number of carbonyl (C=O) groups excluding carboxylic acids is 3. The van der Waals surface area contributed by atoms with Gasteiger partial charge in [-0.1, -0.05) is 5.16 Å². The fourth-order valence-corrected chi connectivity index (χ4v) is 6.14. The Bertz CT molecular complexity index is 1600. The number of oxime groups is 1. The van der Waals surface area contributed by atoms with Crippen molar-refractivity contribution < 1.29 is 33.7 Å². The van der Waals surface area contributed by atoms with Crippen molar-refractivity contribution in [1.82, 2.24) is 29.1 Å². The molecule has 2 unspecified atom stereocenters. The number of nitrogen functional groups attached to an aromatic ring is 1. The zero-order valence-electron chi connectivity index (χ0n) is 20.9. The number of amides is 3. The number of carbonyl (C=O) groups is 4. The number of hydrogen-bond donors (Lipinski definition) is 4. The highest BCUT2D eigenvalue weighted by Crippen LogP contribution is 2.40. The van der Waals surface area contributed by atoms with Gasteiger partial charge in [0.1, 0.15) is 42.3 Å². The van der Waals surface area contributed by atoms with E-state index in [1.165, 1.54) is 23.0 Å². The van der Waals surface area contributed by atoms with Gasteiger partial charge in [-0.05, 0) is 24.0 Å². The summed E-state index contributed by atoms with van der Waals surface area (Å²) in [5.41, 5.74) is 12.2. The molecule has 40 heavy (non-hydrogen) atoms. The molecular formula is C22H23N10O6S2+. The Labute approximate surface area is 233 Å². The molecule has 2 aliphatic rings. The first-order chi connectivity index (χ1) is 19.2. The summed E-state index contributed by atoms with van der Waals surface area (Å²) in [6.07, 6.45) is 3.21. The third kappa shape index (κ3) is 4.93. The van der Waals surface area contributed by atoms with Crippen molar-refractivity contribution >= 4 is 69.0 Å². The Morgan fingerprint density at radius 2 is 2.17 bits per heavy atom. The van der Waals surface area contributed by atoms with Crippen molar-refractivity contribution in [3.05, 3.63) is 41.8 Å². The number of carboxylic acids is 1. The minimum atomic E-state index is -1.27. The Hall–Kier alpha value is -4.58. The van der Waals surface area contributed by atoms with E-state index in [4.69, 9.17) is 16.3 Å². The van der Waals surface area contributed by atoms with Crippen LogP contribution in [-0.2, 0) is 37.1 Å². The molecule has 1 fully saturated rings. The summed E-state index contributed by atoms with van der Waals surface area (Å²) in [5, 5.41) is 15.9. The zero-order chi connectivity index (χ0) is 28.6. The fraction of sp³-hybridized carbons (Fsp3) is 0.318. The van der Waals surface area contributed by atoms with Gasteiger partial charge in [-0.2, -0.15) is 9.36 Å². The average Bonchev–Trinajstić information content (AvgIpc) is 3.53. The molecule has 0 radical (unpaired) electrons. The molecule has 3 aromatic heterocycles. The Kier molecular flexibility index (Phi) is 7.35. The number of hydrogen-bond acceptors (Lipinski definition) is 12. The molecule has 6 N–H and O–H groups in total. The van der Waals surface area contributed by atoms with E-state index in [2.05, 4.69) is 24.8 Å². The second-order valence-electron chi connectivity index (χ2n) is 8.62. The molecule has 0 aliphatic carbocycles. The number of anilines is 1. The minimum absolute atomic E-state index is 0.0498. The smallest absolute Gasteiger partial charge is 0.352 e. The molecule has 0 saturated carbocycles. The second kappa shape index (κ2) is 10.9. The summed E-state index contributed by atoms with van der Waals surface area (Å²) in [4.78, 5) is 64.4. The fourth-order valence-electron chi connectivity index (χ4n) is 4.37. The molecule has 0 aromatic carbocycles. The number of nitrogens with one attached hydrogen (secondary N) is 1. The number of nitrogens with two attached hydrogens (primary N) is 2. The van der Waals surface area contributed by atoms with Crippen molar-refractivity contribution in [2.45, 2.75) is 31.4 Å². The number of β-lactam (4-membered cyclic amide) rings is 1. The first kappa shape index (κ1) is 27.0. The SMILES string of the molecule is CCO/N=C(\C(=O)NC1C(=O)N2C(C(=O)O)=C(C[n+]3cccc4c3ncn4CC(N)=O)CSC12)c1nsc(N)n1. The van der Waals surface area contributed by atoms with Gasteiger partial charge in [-0.15, -0.1) is 11.8 Å². The van der Waals surface area contributed by atoms with Gasteiger partial charge in [0.15, 0.2) is 5.13 Å². The summed E-state index contributed by atoms with van der Waals surface area (Å²) in [6.45, 7) is 1.93. The van der Waals surface area contributed by atoms with Crippen molar-refractivity contribution in [3.63, 3.8) is 0 Å². The lowest BCUT2D eigenvalue weighted by molar-refractivity contribution is -0.664. The Balaban J connectivity index is 1.38. The molecule has 0 bridgehead atoms. The van der Waals surface area contributed by atoms with E-state index in [-0.39, 0.29) is 47.8 Å². The topological polar surface area (TPSA) is 225 Å². The Morgan fingerprint density at radius 3 is 2.85 bits per heavy atom. The molecule has 16 nitrogen and oxygen atoms in total. The quantitative estimate of drug-likeness (QED) is 0.0916. The largest absolute Gasteiger partial charge is 0.477 e. The van der Waals surface area contributed by atoms with Gasteiger partial charge < -0.3 is 26.7 Å². The number of pyridine rings is 1. The van der Waals surface area contributed by atoms with Crippen LogP contribution in [0.25, 0.3) is 11.2 Å². The number of fused-ring (bicyclic) bond motifs is 2. The van der Waals surface area contributed by atoms with Crippen molar-refractivity contribution in [2.24, 2.45) is 10.9 Å². The molecule has 5 rings (SSSR count). The van der Waals surface area contributed by atoms with Crippen LogP contribution >= 0.6 is 23.3 Å². The standard InChI is InChI=1S/C22H22N10O6S2/c1-2-38-28-13(16-27-22(24)40-29-16)18(34)26-14-19(35)32-15(21(36)37)10(8-39-20(14)32)6-30-5-3-4-11-17(30)25-9-31(11)7-12(23)33/h3-5,9,14,20H,2,6-8H2,1H3,(H5-,23,24,26,27,29,33,34,36,37)/p+1/b28-13-. The number of thioether (sulfide) groups is 1. The number of aliphatic carboxylic acids is 1. The molecule has 2 aliphatic heterocycles. The number of nitrogens with zero attached hydrogens (tertiary/aromatic N) is 7. The zero-order valence-corrected chi connectivity index (χ0v) is 22.5. The lowest BCUT2D eigenvalue weighted by Crippen LogP contribution is -2.71. The molecule has 208 valence electrons. The normalized spacial score (nSPS) is 18.9. The van der Waals surface area contributed by atoms with Gasteiger partial charge in [0.25, 0.3) is 11.8 Å². The molecule has 3 amide bonds. The summed E-state index contributed by atoms with van der Waals surface area (Å²) in [5.74, 6) is -2.92. The second-order valence-corrected chi connectivity index (χ2v) is 10.5. The molecule has 3 aromatic rings. The van der Waals surface area contributed by atoms with Crippen LogP contribution in [0.4, 0.5) is 5.13 Å². The first-order valence-electron chi connectivity index (χ1n) is 11.8. The van der Waals surface area contributed by atoms with E-state index in [1.807, 2.05) is 0 Å². The van der Waals surface area contributed by atoms with Gasteiger partial charge in [-0.25, -0.2) is 9.36 Å². The Morgan fingerprint density at radius 1 is 1.38 bits per heavy atom. The van der Waals surface area contributed by atoms with Gasteiger partial charge in [0.2, 0.25) is 23.8 Å². The first-order valence-corrected chi connectivity index (χ1v) is 13.6. The highest BCUT2D eigenvalue weighted by molar-refractivity contribution is 8.00. The van der Waals surface area contributed by atoms with Crippen LogP contribution < -0.4 is 21.4 Å². The maximum Gasteiger partial charge on any atom is 0.352 e. The third-order valence-corrected chi connectivity index (χ3v) is 7.91. The highest BCUT2D eigenvalue weighted by Gasteiger charge is 2.54. The summed E-state index contributed by atoms with van der Waals surface area (Å²) in [7, 11) is 0. The van der Waals surface area contributed by atoms with E-state index in [1.54, 1.807) is 34.4 Å². The minimum Gasteiger partial charge on any atom is -0.477 e. The maximum absolute atomic E-state index is 13.2. The number of primary amides is 1. The van der Waals surface area contributed by atoms with Gasteiger partial charge in [-0.3, -0.25) is 23.9 Å². The average molecular weight is 588 g/mol. The highest BCUT2D eigenvalue weighted by atomic mass is 32.2. The third-order valence-electron chi connectivity index (χ3n) is 6.03. The van der Waals surface area contributed by atoms with Crippen LogP contribution in [0.15, 0.2) is 41.1 Å². The van der Waals surface area contributed by atoms with E-state index in [0.717, 1.165) is 11.5 Å². The van der Waals surface area contributed by atoms with Crippen molar-refractivity contribution in [2.75, 3.05) is 18.1 Å². The molecule has 5 heterocycles. The van der Waals surface area contributed by atoms with Crippen LogP contribution in [0.1, 0.15) is 12.7 Å². The predicted molar refractivity (Wildman–Crippen MR) is 141 cm³/mol. The van der Waals surface area contributed by atoms with Crippen LogP contribution in [0, 0.1) is 0 Å². The van der Waals surface area contributed by atoms with Crippen LogP contribution in [0.5, 0.6) is 0 Å². The summed E-state index contributed by atoms with van der Waals surface area (Å²) >= 11 is 2.18. The molecule has 1 saturated heterocycles. The number of imidazole rings is 1. The van der Waals surface area contributed by atoms with Crippen molar-refractivity contribution in [1.29, 1.82) is 0 Å². The molecule has 2 atom stereocenters. The summed E-state index contributed by atoms with van der Waals surface area (Å²) in [6, 6.07) is 2.51. The van der Waals surface area contributed by atoms with E-state index >= 15 is 0 Å². The van der Waals surface area contributed by atoms with Crippen LogP contribution in [-0.4, -0.2) is 82.1 Å². The number of rotatable bonds is 10. The van der Waals surface area contributed by atoms with Gasteiger partial charge in [0.05, 0.1) is 6.20 Å². The molecular weight excluding hydrogens is 564 g/mol. The van der Waals surface area contributed by atoms with E-state index in [9.17, 15) is 24.3 Å². The van der Waals surface area contributed by atoms with E-state index in [0.29, 0.717) is 16.7 Å². The monoisotopic (exact) mass is 587 g/mol. The number of carboxylic acid groups (broad SMARTS) is 1. The van der Waals surface area contributed by atoms with E-state index < -0.39 is 35.1 Å². The molecule has 18 heteroatoms. The lowest BCUT2D eigenvalue weighted by Gasteiger charge is -2.49. The maximum atomic E-state index is 13.2. The molecule has 0 spiro atoms. The number of aromatic nitrogens is 5. The van der Waals surface area contributed by atoms with Crippen LogP contribution in [0.2, 0.25) is 0 Å². The van der Waals surface area contributed by atoms with Crippen molar-refractivity contribution in [3.8, 4) is 0 Å².